The monoisotopic (exact) mass is 241 g/mol. The summed E-state index contributed by atoms with van der Waals surface area (Å²) in [6.07, 6.45) is 2.35. The van der Waals surface area contributed by atoms with Gasteiger partial charge in [0.25, 0.3) is 0 Å². The second-order valence-corrected chi connectivity index (χ2v) is 4.29. The maximum Gasteiger partial charge on any atom is 0.221 e. The molecule has 0 aromatic heterocycles. The minimum absolute atomic E-state index is 0.0689. The summed E-state index contributed by atoms with van der Waals surface area (Å²) in [4.78, 5) is 5.64. The number of morpholine rings is 1. The Bertz CT molecular complexity index is 284. The first-order chi connectivity index (χ1) is 8.08. The summed E-state index contributed by atoms with van der Waals surface area (Å²) < 4.78 is 5.76. The third-order valence-corrected chi connectivity index (χ3v) is 3.20. The van der Waals surface area contributed by atoms with Crippen LogP contribution in [-0.4, -0.2) is 42.6 Å². The number of nitrogens with two attached hydrogens (primary N) is 2. The Morgan fingerprint density at radius 3 is 2.65 bits per heavy atom. The highest BCUT2D eigenvalue weighted by Crippen LogP contribution is 2.20. The van der Waals surface area contributed by atoms with E-state index in [1.54, 1.807) is 0 Å². The van der Waals surface area contributed by atoms with Crippen LogP contribution in [0.4, 0.5) is 0 Å². The summed E-state index contributed by atoms with van der Waals surface area (Å²) in [6.45, 7) is 6.33. The smallest absolute Gasteiger partial charge is 0.221 e. The molecule has 1 heterocycles. The minimum Gasteiger partial charge on any atom is -0.374 e. The van der Waals surface area contributed by atoms with Gasteiger partial charge < -0.3 is 21.1 Å². The Hall–Kier alpha value is -1.30. The molecule has 0 aromatic carbocycles. The van der Waals surface area contributed by atoms with E-state index in [9.17, 15) is 0 Å². The highest BCUT2D eigenvalue weighted by atomic mass is 16.5. The van der Waals surface area contributed by atoms with E-state index in [-0.39, 0.29) is 18.0 Å². The molecule has 98 valence electrons. The van der Waals surface area contributed by atoms with Gasteiger partial charge in [-0.05, 0) is 5.92 Å². The van der Waals surface area contributed by atoms with Crippen LogP contribution < -0.4 is 11.5 Å². The normalized spacial score (nSPS) is 20.4. The summed E-state index contributed by atoms with van der Waals surface area (Å²) >= 11 is 0. The van der Waals surface area contributed by atoms with Crippen molar-refractivity contribution in [3.63, 3.8) is 0 Å². The topological polar surface area (TPSA) is 101 Å². The zero-order chi connectivity index (χ0) is 12.8. The molecule has 0 spiro atoms. The van der Waals surface area contributed by atoms with Crippen molar-refractivity contribution in [1.29, 1.82) is 5.41 Å². The van der Waals surface area contributed by atoms with Gasteiger partial charge in [-0.1, -0.05) is 26.7 Å². The Morgan fingerprint density at radius 1 is 1.47 bits per heavy atom. The van der Waals surface area contributed by atoms with E-state index in [0.29, 0.717) is 25.6 Å². The molecule has 1 unspecified atom stereocenters. The molecule has 0 saturated carbocycles. The van der Waals surface area contributed by atoms with Gasteiger partial charge in [-0.15, -0.1) is 0 Å². The van der Waals surface area contributed by atoms with Crippen LogP contribution in [0.5, 0.6) is 0 Å². The predicted octanol–water partition coefficient (Wildman–Crippen LogP) is 0.332. The summed E-state index contributed by atoms with van der Waals surface area (Å²) in [5, 5.41) is 7.78. The fourth-order valence-corrected chi connectivity index (χ4v) is 2.16. The fraction of sp³-hybridized carbons (Fsp3) is 0.818. The number of nitrogens with zero attached hydrogens (tertiary/aromatic N) is 2. The van der Waals surface area contributed by atoms with Crippen molar-refractivity contribution < 1.29 is 4.74 Å². The standard InChI is InChI=1S/C11H23N5O/c1-3-8(4-2)9-7-16(5-6-17-9)11(14)15-10(12)13/h8-9H,3-7H2,1-2H3,(H5,12,13,14,15). The molecule has 1 saturated heterocycles. The molecule has 0 bridgehead atoms. The van der Waals surface area contributed by atoms with Crippen LogP contribution in [0.15, 0.2) is 4.99 Å². The number of hydrogen-bond donors (Lipinski definition) is 3. The Labute approximate surface area is 103 Å². The summed E-state index contributed by atoms with van der Waals surface area (Å²) in [5.74, 6) is 0.592. The maximum absolute atomic E-state index is 7.78. The van der Waals surface area contributed by atoms with Crippen molar-refractivity contribution in [2.75, 3.05) is 19.7 Å². The molecule has 1 rings (SSSR count). The first-order valence-corrected chi connectivity index (χ1v) is 6.13. The lowest BCUT2D eigenvalue weighted by Gasteiger charge is -2.36. The third kappa shape index (κ3) is 3.89. The van der Waals surface area contributed by atoms with Crippen molar-refractivity contribution in [2.45, 2.75) is 32.8 Å². The van der Waals surface area contributed by atoms with Crippen LogP contribution in [0.25, 0.3) is 0 Å². The highest BCUT2D eigenvalue weighted by Gasteiger charge is 2.27. The molecule has 5 N–H and O–H groups in total. The molecule has 0 radical (unpaired) electrons. The number of aliphatic imine (C=N–C) groups is 1. The van der Waals surface area contributed by atoms with Crippen LogP contribution in [0.1, 0.15) is 26.7 Å². The van der Waals surface area contributed by atoms with Crippen LogP contribution in [-0.2, 0) is 4.74 Å². The summed E-state index contributed by atoms with van der Waals surface area (Å²) in [5.41, 5.74) is 10.6. The Balaban J connectivity index is 2.60. The van der Waals surface area contributed by atoms with Gasteiger partial charge in [0.2, 0.25) is 5.96 Å². The van der Waals surface area contributed by atoms with Crippen LogP contribution in [0.2, 0.25) is 0 Å². The predicted molar refractivity (Wildman–Crippen MR) is 68.9 cm³/mol. The van der Waals surface area contributed by atoms with E-state index in [4.69, 9.17) is 21.6 Å². The van der Waals surface area contributed by atoms with Crippen LogP contribution in [0.3, 0.4) is 0 Å². The van der Waals surface area contributed by atoms with Gasteiger partial charge in [0, 0.05) is 13.1 Å². The van der Waals surface area contributed by atoms with Gasteiger partial charge in [-0.2, -0.15) is 4.99 Å². The van der Waals surface area contributed by atoms with E-state index < -0.39 is 0 Å². The number of rotatable bonds is 3. The average Bonchev–Trinajstić information content (AvgIpc) is 2.30. The van der Waals surface area contributed by atoms with Gasteiger partial charge in [0.05, 0.1) is 12.7 Å². The first kappa shape index (κ1) is 13.8. The molecule has 1 fully saturated rings. The molecule has 0 aromatic rings. The van der Waals surface area contributed by atoms with Crippen molar-refractivity contribution in [3.8, 4) is 0 Å². The van der Waals surface area contributed by atoms with Gasteiger partial charge in [-0.3, -0.25) is 5.41 Å². The minimum atomic E-state index is -0.0689. The second-order valence-electron chi connectivity index (χ2n) is 4.29. The van der Waals surface area contributed by atoms with Crippen molar-refractivity contribution in [1.82, 2.24) is 4.90 Å². The SMILES string of the molecule is CCC(CC)C1CN(C(=N)N=C(N)N)CCO1. The van der Waals surface area contributed by atoms with Gasteiger partial charge in [0.1, 0.15) is 0 Å². The highest BCUT2D eigenvalue weighted by molar-refractivity contribution is 5.91. The fourth-order valence-electron chi connectivity index (χ4n) is 2.16. The molecule has 1 aliphatic heterocycles. The molecule has 0 aliphatic carbocycles. The van der Waals surface area contributed by atoms with E-state index in [0.717, 1.165) is 12.8 Å². The molecule has 17 heavy (non-hydrogen) atoms. The molecule has 0 amide bonds. The quantitative estimate of drug-likeness (QED) is 0.489. The van der Waals surface area contributed by atoms with E-state index >= 15 is 0 Å². The molecular weight excluding hydrogens is 218 g/mol. The second kappa shape index (κ2) is 6.44. The van der Waals surface area contributed by atoms with Gasteiger partial charge in [0.15, 0.2) is 5.96 Å². The zero-order valence-electron chi connectivity index (χ0n) is 10.6. The lowest BCUT2D eigenvalue weighted by atomic mass is 9.95. The lowest BCUT2D eigenvalue weighted by Crippen LogP contribution is -2.48. The Morgan fingerprint density at radius 2 is 2.12 bits per heavy atom. The van der Waals surface area contributed by atoms with Gasteiger partial charge >= 0.3 is 0 Å². The van der Waals surface area contributed by atoms with Crippen molar-refractivity contribution in [3.05, 3.63) is 0 Å². The Kier molecular flexibility index (Phi) is 5.21. The summed E-state index contributed by atoms with van der Waals surface area (Å²) in [6, 6.07) is 0. The van der Waals surface area contributed by atoms with Crippen molar-refractivity contribution >= 4 is 11.9 Å². The largest absolute Gasteiger partial charge is 0.374 e. The summed E-state index contributed by atoms with van der Waals surface area (Å²) in [7, 11) is 0. The van der Waals surface area contributed by atoms with Crippen LogP contribution >= 0.6 is 0 Å². The van der Waals surface area contributed by atoms with Gasteiger partial charge in [-0.25, -0.2) is 0 Å². The van der Waals surface area contributed by atoms with Crippen LogP contribution in [0, 0.1) is 11.3 Å². The number of hydrogen-bond acceptors (Lipinski definition) is 2. The molecule has 6 nitrogen and oxygen atoms in total. The molecular formula is C11H23N5O. The first-order valence-electron chi connectivity index (χ1n) is 6.13. The van der Waals surface area contributed by atoms with E-state index in [1.807, 2.05) is 4.90 Å². The maximum atomic E-state index is 7.78. The number of nitrogens with one attached hydrogen (secondary N) is 1. The zero-order valence-corrected chi connectivity index (χ0v) is 10.6. The number of ether oxygens (including phenoxy) is 1. The number of guanidine groups is 2. The van der Waals surface area contributed by atoms with E-state index in [1.165, 1.54) is 0 Å². The van der Waals surface area contributed by atoms with E-state index in [2.05, 4.69) is 18.8 Å². The molecule has 1 atom stereocenters. The molecule has 1 aliphatic rings. The lowest BCUT2D eigenvalue weighted by molar-refractivity contribution is -0.0406. The third-order valence-electron chi connectivity index (χ3n) is 3.20. The average molecular weight is 241 g/mol. The van der Waals surface area contributed by atoms with Crippen molar-refractivity contribution in [2.24, 2.45) is 22.4 Å². The molecule has 6 heteroatoms.